The summed E-state index contributed by atoms with van der Waals surface area (Å²) in [5.41, 5.74) is 2.56. The molecule has 3 aromatic rings. The molecule has 1 amide bonds. The zero-order valence-corrected chi connectivity index (χ0v) is 17.3. The topological polar surface area (TPSA) is 46.1 Å². The summed E-state index contributed by atoms with van der Waals surface area (Å²) >= 11 is 3.36. The number of carbonyl (C=O) groups is 1. The number of hydrogen-bond acceptors (Lipinski definition) is 5. The average Bonchev–Trinajstić information content (AvgIpc) is 3.07. The molecule has 1 aliphatic rings. The first-order valence-corrected chi connectivity index (χ1v) is 11.0. The van der Waals surface area contributed by atoms with Gasteiger partial charge in [-0.3, -0.25) is 4.79 Å². The standard InChI is InChI=1S/C21H23N3OS2/c1-14(21(25)24(2)12-15-8-4-3-5-9-15)26-19-18-16-10-6-7-11-17(16)27-20(18)23-13-22-19/h3-5,8-9,13-14H,6-7,10-12H2,1-2H3. The maximum absolute atomic E-state index is 12.9. The Morgan fingerprint density at radius 3 is 2.81 bits per heavy atom. The molecule has 0 saturated carbocycles. The molecule has 6 heteroatoms. The average molecular weight is 398 g/mol. The third-order valence-corrected chi connectivity index (χ3v) is 7.28. The van der Waals surface area contributed by atoms with Crippen LogP contribution in [0.3, 0.4) is 0 Å². The number of benzene rings is 1. The lowest BCUT2D eigenvalue weighted by atomic mass is 9.97. The summed E-state index contributed by atoms with van der Waals surface area (Å²) in [5.74, 6) is 0.125. The van der Waals surface area contributed by atoms with E-state index in [1.807, 2.05) is 44.3 Å². The van der Waals surface area contributed by atoms with Gasteiger partial charge in [0.15, 0.2) is 0 Å². The monoisotopic (exact) mass is 397 g/mol. The highest BCUT2D eigenvalue weighted by molar-refractivity contribution is 8.00. The summed E-state index contributed by atoms with van der Waals surface area (Å²) in [4.78, 5) is 26.2. The van der Waals surface area contributed by atoms with Crippen LogP contribution < -0.4 is 0 Å². The van der Waals surface area contributed by atoms with E-state index in [4.69, 9.17) is 0 Å². The highest BCUT2D eigenvalue weighted by atomic mass is 32.2. The van der Waals surface area contributed by atoms with Crippen LogP contribution >= 0.6 is 23.1 Å². The van der Waals surface area contributed by atoms with Crippen LogP contribution in [0.5, 0.6) is 0 Å². The molecular formula is C21H23N3OS2. The Balaban J connectivity index is 1.53. The van der Waals surface area contributed by atoms with Crippen LogP contribution in [-0.4, -0.2) is 33.1 Å². The first-order chi connectivity index (χ1) is 13.1. The fourth-order valence-corrected chi connectivity index (χ4v) is 5.97. The normalized spacial score (nSPS) is 14.7. The van der Waals surface area contributed by atoms with Gasteiger partial charge in [-0.05, 0) is 43.7 Å². The van der Waals surface area contributed by atoms with Crippen LogP contribution in [0, 0.1) is 0 Å². The molecule has 2 heterocycles. The maximum atomic E-state index is 12.9. The first-order valence-electron chi connectivity index (χ1n) is 9.34. The Morgan fingerprint density at radius 2 is 2.00 bits per heavy atom. The number of aromatic nitrogens is 2. The number of carbonyl (C=O) groups excluding carboxylic acids is 1. The molecule has 140 valence electrons. The Labute approximate surface area is 168 Å². The fraction of sp³-hybridized carbons (Fsp3) is 0.381. The number of aryl methyl sites for hydroxylation is 2. The van der Waals surface area contributed by atoms with E-state index in [1.54, 1.807) is 34.3 Å². The van der Waals surface area contributed by atoms with E-state index >= 15 is 0 Å². The summed E-state index contributed by atoms with van der Waals surface area (Å²) in [5, 5.41) is 1.96. The van der Waals surface area contributed by atoms with Crippen molar-refractivity contribution in [3.05, 3.63) is 52.7 Å². The molecule has 0 spiro atoms. The molecule has 0 aliphatic heterocycles. The van der Waals surface area contributed by atoms with Crippen LogP contribution in [0.15, 0.2) is 41.7 Å². The van der Waals surface area contributed by atoms with Gasteiger partial charge in [0.1, 0.15) is 16.2 Å². The van der Waals surface area contributed by atoms with Crippen molar-refractivity contribution >= 4 is 39.2 Å². The number of rotatable bonds is 5. The molecular weight excluding hydrogens is 374 g/mol. The second kappa shape index (κ2) is 7.98. The fourth-order valence-electron chi connectivity index (χ4n) is 3.61. The van der Waals surface area contributed by atoms with Gasteiger partial charge in [-0.25, -0.2) is 9.97 Å². The Hall–Kier alpha value is -1.92. The predicted molar refractivity (Wildman–Crippen MR) is 112 cm³/mol. The SMILES string of the molecule is CC(Sc1ncnc2sc3c(c12)CCCC3)C(=O)N(C)Cc1ccccc1. The summed E-state index contributed by atoms with van der Waals surface area (Å²) < 4.78 is 0. The van der Waals surface area contributed by atoms with Gasteiger partial charge >= 0.3 is 0 Å². The van der Waals surface area contributed by atoms with Crippen molar-refractivity contribution in [1.29, 1.82) is 0 Å². The predicted octanol–water partition coefficient (Wildman–Crippen LogP) is 4.71. The third kappa shape index (κ3) is 3.87. The molecule has 0 saturated heterocycles. The van der Waals surface area contributed by atoms with E-state index in [9.17, 15) is 4.79 Å². The molecule has 27 heavy (non-hydrogen) atoms. The number of thioether (sulfide) groups is 1. The molecule has 1 aromatic carbocycles. The zero-order valence-electron chi connectivity index (χ0n) is 15.6. The summed E-state index contributed by atoms with van der Waals surface area (Å²) in [7, 11) is 1.87. The number of nitrogens with zero attached hydrogens (tertiary/aromatic N) is 3. The minimum absolute atomic E-state index is 0.125. The lowest BCUT2D eigenvalue weighted by molar-refractivity contribution is -0.129. The van der Waals surface area contributed by atoms with E-state index in [-0.39, 0.29) is 11.2 Å². The van der Waals surface area contributed by atoms with Crippen molar-refractivity contribution in [3.8, 4) is 0 Å². The molecule has 0 radical (unpaired) electrons. The number of hydrogen-bond donors (Lipinski definition) is 0. The van der Waals surface area contributed by atoms with E-state index in [0.717, 1.165) is 28.3 Å². The quantitative estimate of drug-likeness (QED) is 0.462. The highest BCUT2D eigenvalue weighted by Gasteiger charge is 2.24. The van der Waals surface area contributed by atoms with Gasteiger partial charge in [0.25, 0.3) is 0 Å². The van der Waals surface area contributed by atoms with Gasteiger partial charge in [-0.15, -0.1) is 11.3 Å². The van der Waals surface area contributed by atoms with E-state index in [1.165, 1.54) is 28.7 Å². The van der Waals surface area contributed by atoms with E-state index < -0.39 is 0 Å². The van der Waals surface area contributed by atoms with Crippen LogP contribution in [0.1, 0.15) is 35.8 Å². The van der Waals surface area contributed by atoms with Gasteiger partial charge in [0.2, 0.25) is 5.91 Å². The second-order valence-corrected chi connectivity index (χ2v) is 9.42. The number of thiophene rings is 1. The molecule has 1 unspecified atom stereocenters. The maximum Gasteiger partial charge on any atom is 0.235 e. The molecule has 4 nitrogen and oxygen atoms in total. The molecule has 2 aromatic heterocycles. The third-order valence-electron chi connectivity index (χ3n) is 4.99. The van der Waals surface area contributed by atoms with Crippen LogP contribution in [0.2, 0.25) is 0 Å². The Morgan fingerprint density at radius 1 is 1.22 bits per heavy atom. The highest BCUT2D eigenvalue weighted by Crippen LogP contribution is 2.40. The van der Waals surface area contributed by atoms with Gasteiger partial charge in [0.05, 0.1) is 5.25 Å². The van der Waals surface area contributed by atoms with Crippen LogP contribution in [0.25, 0.3) is 10.2 Å². The molecule has 0 bridgehead atoms. The van der Waals surface area contributed by atoms with Gasteiger partial charge < -0.3 is 4.90 Å². The van der Waals surface area contributed by atoms with Crippen molar-refractivity contribution in [2.24, 2.45) is 0 Å². The van der Waals surface area contributed by atoms with E-state index in [2.05, 4.69) is 9.97 Å². The Bertz CT molecular complexity index is 955. The van der Waals surface area contributed by atoms with Crippen molar-refractivity contribution in [2.75, 3.05) is 7.05 Å². The van der Waals surface area contributed by atoms with Crippen molar-refractivity contribution in [3.63, 3.8) is 0 Å². The zero-order chi connectivity index (χ0) is 18.8. The van der Waals surface area contributed by atoms with Crippen LogP contribution in [0.4, 0.5) is 0 Å². The first kappa shape index (κ1) is 18.4. The number of amides is 1. The van der Waals surface area contributed by atoms with Crippen LogP contribution in [-0.2, 0) is 24.2 Å². The largest absolute Gasteiger partial charge is 0.340 e. The summed E-state index contributed by atoms with van der Waals surface area (Å²) in [6, 6.07) is 10.1. The molecule has 0 fully saturated rings. The van der Waals surface area contributed by atoms with Gasteiger partial charge in [-0.1, -0.05) is 42.1 Å². The minimum atomic E-state index is -0.184. The molecule has 1 atom stereocenters. The van der Waals surface area contributed by atoms with Gasteiger partial charge in [0, 0.05) is 23.9 Å². The van der Waals surface area contributed by atoms with Crippen molar-refractivity contribution < 1.29 is 4.79 Å². The molecule has 4 rings (SSSR count). The van der Waals surface area contributed by atoms with Crippen molar-refractivity contribution in [2.45, 2.75) is 49.4 Å². The molecule has 1 aliphatic carbocycles. The van der Waals surface area contributed by atoms with Gasteiger partial charge in [-0.2, -0.15) is 0 Å². The van der Waals surface area contributed by atoms with Crippen molar-refractivity contribution in [1.82, 2.24) is 14.9 Å². The second-order valence-electron chi connectivity index (χ2n) is 7.01. The summed E-state index contributed by atoms with van der Waals surface area (Å²) in [6.07, 6.45) is 6.37. The lowest BCUT2D eigenvalue weighted by Gasteiger charge is -2.21. The number of fused-ring (bicyclic) bond motifs is 3. The van der Waals surface area contributed by atoms with E-state index in [0.29, 0.717) is 6.54 Å². The Kier molecular flexibility index (Phi) is 5.45. The molecule has 0 N–H and O–H groups in total. The lowest BCUT2D eigenvalue weighted by Crippen LogP contribution is -2.32. The summed E-state index contributed by atoms with van der Waals surface area (Å²) in [6.45, 7) is 2.60. The minimum Gasteiger partial charge on any atom is -0.340 e. The smallest absolute Gasteiger partial charge is 0.235 e.